The maximum absolute atomic E-state index is 12.9. The molecule has 1 aromatic heterocycles. The topological polar surface area (TPSA) is 32.3 Å². The van der Waals surface area contributed by atoms with Gasteiger partial charge in [-0.25, -0.2) is 0 Å². The molecule has 4 aliphatic rings. The first-order valence-electron chi connectivity index (χ1n) is 8.92. The van der Waals surface area contributed by atoms with Gasteiger partial charge in [-0.15, -0.1) is 11.3 Å². The Kier molecular flexibility index (Phi) is 4.15. The van der Waals surface area contributed by atoms with E-state index in [9.17, 15) is 18.0 Å². The van der Waals surface area contributed by atoms with Crippen molar-refractivity contribution in [1.82, 2.24) is 10.2 Å². The van der Waals surface area contributed by atoms with E-state index in [1.165, 1.54) is 4.88 Å². The summed E-state index contributed by atoms with van der Waals surface area (Å²) >= 11 is 1.75. The van der Waals surface area contributed by atoms with Crippen molar-refractivity contribution in [3.8, 4) is 0 Å². The van der Waals surface area contributed by atoms with Gasteiger partial charge in [0, 0.05) is 24.5 Å². The Labute approximate surface area is 149 Å². The van der Waals surface area contributed by atoms with E-state index in [0.717, 1.165) is 32.5 Å². The molecule has 1 atom stereocenters. The van der Waals surface area contributed by atoms with Gasteiger partial charge in [-0.2, -0.15) is 13.2 Å². The van der Waals surface area contributed by atoms with E-state index in [1.54, 1.807) is 11.3 Å². The van der Waals surface area contributed by atoms with E-state index in [-0.39, 0.29) is 25.2 Å². The van der Waals surface area contributed by atoms with Gasteiger partial charge in [-0.3, -0.25) is 9.69 Å². The van der Waals surface area contributed by atoms with Crippen LogP contribution in [0.4, 0.5) is 13.2 Å². The van der Waals surface area contributed by atoms with Crippen molar-refractivity contribution >= 4 is 17.2 Å². The van der Waals surface area contributed by atoms with E-state index in [4.69, 9.17) is 0 Å². The number of likely N-dealkylation sites (tertiary alicyclic amines) is 1. The highest BCUT2D eigenvalue weighted by Gasteiger charge is 2.80. The van der Waals surface area contributed by atoms with Crippen molar-refractivity contribution in [3.05, 3.63) is 22.4 Å². The van der Waals surface area contributed by atoms with Crippen molar-refractivity contribution in [1.29, 1.82) is 0 Å². The summed E-state index contributed by atoms with van der Waals surface area (Å²) in [5, 5.41) is 5.03. The Morgan fingerprint density at radius 1 is 1.36 bits per heavy atom. The highest BCUT2D eigenvalue weighted by Crippen LogP contribution is 2.78. The fourth-order valence-electron chi connectivity index (χ4n) is 4.84. The van der Waals surface area contributed by atoms with E-state index in [0.29, 0.717) is 12.5 Å². The SMILES string of the molecule is O=C(NCC1CCCN(Cc2cccs2)C1)C12CC(C(F)(F)F)(C1)C2. The van der Waals surface area contributed by atoms with Gasteiger partial charge >= 0.3 is 6.18 Å². The number of carbonyl (C=O) groups is 1. The van der Waals surface area contributed by atoms with E-state index in [2.05, 4.69) is 27.7 Å². The fraction of sp³-hybridized carbons (Fsp3) is 0.722. The second kappa shape index (κ2) is 5.98. The molecule has 7 heteroatoms. The van der Waals surface area contributed by atoms with Crippen LogP contribution in [0.15, 0.2) is 17.5 Å². The summed E-state index contributed by atoms with van der Waals surface area (Å²) < 4.78 is 38.7. The summed E-state index contributed by atoms with van der Waals surface area (Å²) in [6.45, 7) is 3.54. The third-order valence-electron chi connectivity index (χ3n) is 6.23. The molecule has 1 aromatic rings. The lowest BCUT2D eigenvalue weighted by molar-refractivity contribution is -0.351. The van der Waals surface area contributed by atoms with Crippen LogP contribution in [0, 0.1) is 16.7 Å². The second-order valence-electron chi connectivity index (χ2n) is 8.12. The normalized spacial score (nSPS) is 34.9. The first-order valence-corrected chi connectivity index (χ1v) is 9.80. The molecule has 0 aromatic carbocycles. The highest BCUT2D eigenvalue weighted by molar-refractivity contribution is 7.09. The van der Waals surface area contributed by atoms with Crippen LogP contribution >= 0.6 is 11.3 Å². The number of rotatable bonds is 5. The lowest BCUT2D eigenvalue weighted by Gasteiger charge is -2.69. The molecule has 4 fully saturated rings. The van der Waals surface area contributed by atoms with Crippen molar-refractivity contribution in [2.45, 2.75) is 44.8 Å². The van der Waals surface area contributed by atoms with Crippen LogP contribution in [0.3, 0.4) is 0 Å². The number of nitrogens with one attached hydrogen (secondary N) is 1. The first kappa shape index (κ1) is 17.3. The van der Waals surface area contributed by atoms with Crippen LogP contribution in [0.5, 0.6) is 0 Å². The van der Waals surface area contributed by atoms with Crippen LogP contribution in [-0.4, -0.2) is 36.6 Å². The van der Waals surface area contributed by atoms with Gasteiger partial charge in [0.1, 0.15) is 0 Å². The molecule has 3 nitrogen and oxygen atoms in total. The highest BCUT2D eigenvalue weighted by atomic mass is 32.1. The molecule has 1 unspecified atom stereocenters. The van der Waals surface area contributed by atoms with Crippen LogP contribution in [-0.2, 0) is 11.3 Å². The van der Waals surface area contributed by atoms with Gasteiger partial charge in [0.2, 0.25) is 5.91 Å². The minimum absolute atomic E-state index is 0.00942. The van der Waals surface area contributed by atoms with Crippen molar-refractivity contribution in [2.75, 3.05) is 19.6 Å². The quantitative estimate of drug-likeness (QED) is 0.853. The fourth-order valence-corrected chi connectivity index (χ4v) is 5.58. The molecular formula is C18H23F3N2OS. The summed E-state index contributed by atoms with van der Waals surface area (Å²) in [4.78, 5) is 16.1. The van der Waals surface area contributed by atoms with E-state index < -0.39 is 17.0 Å². The minimum Gasteiger partial charge on any atom is -0.355 e. The average molecular weight is 372 g/mol. The van der Waals surface area contributed by atoms with Gasteiger partial charge in [0.15, 0.2) is 0 Å². The van der Waals surface area contributed by atoms with Crippen LogP contribution < -0.4 is 5.32 Å². The number of hydrogen-bond acceptors (Lipinski definition) is 3. The lowest BCUT2D eigenvalue weighted by atomic mass is 9.34. The largest absolute Gasteiger partial charge is 0.394 e. The molecule has 0 radical (unpaired) electrons. The van der Waals surface area contributed by atoms with E-state index in [1.807, 2.05) is 0 Å². The summed E-state index contributed by atoms with van der Waals surface area (Å²) in [6, 6.07) is 4.19. The second-order valence-corrected chi connectivity index (χ2v) is 9.15. The third-order valence-corrected chi connectivity index (χ3v) is 7.09. The number of nitrogens with zero attached hydrogens (tertiary/aromatic N) is 1. The zero-order valence-electron chi connectivity index (χ0n) is 14.1. The zero-order valence-corrected chi connectivity index (χ0v) is 14.9. The summed E-state index contributed by atoms with van der Waals surface area (Å²) in [7, 11) is 0. The molecule has 3 aliphatic carbocycles. The summed E-state index contributed by atoms with van der Waals surface area (Å²) in [6.07, 6.45) is -2.00. The monoisotopic (exact) mass is 372 g/mol. The van der Waals surface area contributed by atoms with Crippen molar-refractivity contribution in [3.63, 3.8) is 0 Å². The minimum atomic E-state index is -4.15. The maximum Gasteiger partial charge on any atom is 0.394 e. The molecule has 25 heavy (non-hydrogen) atoms. The number of carbonyl (C=O) groups excluding carboxylic acids is 1. The van der Waals surface area contributed by atoms with Gasteiger partial charge in [0.25, 0.3) is 0 Å². The first-order chi connectivity index (χ1) is 11.8. The Morgan fingerprint density at radius 3 is 2.76 bits per heavy atom. The predicted octanol–water partition coefficient (Wildman–Crippen LogP) is 3.81. The predicted molar refractivity (Wildman–Crippen MR) is 90.1 cm³/mol. The lowest BCUT2D eigenvalue weighted by Crippen LogP contribution is -2.72. The number of thiophene rings is 1. The third kappa shape index (κ3) is 2.99. The molecule has 2 bridgehead atoms. The van der Waals surface area contributed by atoms with Crippen LogP contribution in [0.25, 0.3) is 0 Å². The maximum atomic E-state index is 12.9. The molecule has 3 saturated carbocycles. The van der Waals surface area contributed by atoms with Gasteiger partial charge in [0.05, 0.1) is 10.8 Å². The number of alkyl halides is 3. The Hall–Kier alpha value is -1.08. The Morgan fingerprint density at radius 2 is 2.12 bits per heavy atom. The molecular weight excluding hydrogens is 349 g/mol. The van der Waals surface area contributed by atoms with Crippen molar-refractivity contribution < 1.29 is 18.0 Å². The van der Waals surface area contributed by atoms with Crippen LogP contribution in [0.1, 0.15) is 37.0 Å². The van der Waals surface area contributed by atoms with Gasteiger partial charge < -0.3 is 5.32 Å². The molecule has 1 N–H and O–H groups in total. The molecule has 1 amide bonds. The molecule has 1 aliphatic heterocycles. The van der Waals surface area contributed by atoms with Gasteiger partial charge in [-0.1, -0.05) is 6.07 Å². The molecule has 2 heterocycles. The number of halogens is 3. The van der Waals surface area contributed by atoms with Crippen molar-refractivity contribution in [2.24, 2.45) is 16.7 Å². The smallest absolute Gasteiger partial charge is 0.355 e. The standard InChI is InChI=1S/C18H23F3N2OS/c19-18(20,21)17-10-16(11-17,12-17)15(24)22-7-13-3-1-5-23(8-13)9-14-4-2-6-25-14/h2,4,6,13H,1,3,5,7-12H2,(H,22,24). The number of hydrogen-bond donors (Lipinski definition) is 1. The van der Waals surface area contributed by atoms with Gasteiger partial charge in [-0.05, 0) is 56.0 Å². The average Bonchev–Trinajstić information content (AvgIpc) is 2.94. The van der Waals surface area contributed by atoms with Crippen LogP contribution in [0.2, 0.25) is 0 Å². The summed E-state index contributed by atoms with van der Waals surface area (Å²) in [5.74, 6) is 0.232. The van der Waals surface area contributed by atoms with E-state index >= 15 is 0 Å². The number of piperidine rings is 1. The Balaban J connectivity index is 1.23. The zero-order chi connectivity index (χ0) is 17.7. The molecule has 138 valence electrons. The molecule has 5 rings (SSSR count). The molecule has 1 saturated heterocycles. The number of amides is 1. The summed E-state index contributed by atoms with van der Waals surface area (Å²) in [5.41, 5.74) is -2.27. The molecule has 0 spiro atoms. The Bertz CT molecular complexity index is 623.